The fourth-order valence-corrected chi connectivity index (χ4v) is 2.31. The Hall–Kier alpha value is -1.13. The molecule has 16 heavy (non-hydrogen) atoms. The predicted molar refractivity (Wildman–Crippen MR) is 63.0 cm³/mol. The number of halogens is 2. The fourth-order valence-electron chi connectivity index (χ4n) is 1.17. The van der Waals surface area contributed by atoms with Crippen molar-refractivity contribution < 1.29 is 4.39 Å². The van der Waals surface area contributed by atoms with E-state index in [2.05, 4.69) is 9.97 Å². The zero-order valence-corrected chi connectivity index (χ0v) is 9.80. The molecule has 5 heteroatoms. The zero-order valence-electron chi connectivity index (χ0n) is 8.23. The molecule has 0 fully saturated rings. The van der Waals surface area contributed by atoms with Crippen LogP contribution in [0, 0.1) is 5.82 Å². The summed E-state index contributed by atoms with van der Waals surface area (Å²) in [5.41, 5.74) is 0.488. The third-order valence-electron chi connectivity index (χ3n) is 1.95. The molecule has 0 atom stereocenters. The first-order valence-electron chi connectivity index (χ1n) is 4.60. The van der Waals surface area contributed by atoms with Gasteiger partial charge in [-0.1, -0.05) is 29.4 Å². The Morgan fingerprint density at radius 1 is 1.19 bits per heavy atom. The van der Waals surface area contributed by atoms with Crippen molar-refractivity contribution in [3.05, 3.63) is 53.1 Å². The van der Waals surface area contributed by atoms with E-state index in [1.807, 2.05) is 0 Å². The van der Waals surface area contributed by atoms with Gasteiger partial charge in [0.05, 0.1) is 0 Å². The van der Waals surface area contributed by atoms with Crippen LogP contribution < -0.4 is 0 Å². The fraction of sp³-hybridized carbons (Fsp3) is 0.0909. The average molecular weight is 255 g/mol. The third-order valence-corrected chi connectivity index (χ3v) is 3.21. The van der Waals surface area contributed by atoms with Gasteiger partial charge in [0, 0.05) is 28.7 Å². The molecule has 0 N–H and O–H groups in total. The standard InChI is InChI=1S/C11H8ClFN2S/c12-9-3-1-4-10(13)8(9)7-16-11-14-5-2-6-15-11/h1-6H,7H2. The van der Waals surface area contributed by atoms with Crippen molar-refractivity contribution >= 4 is 23.4 Å². The molecule has 0 saturated heterocycles. The summed E-state index contributed by atoms with van der Waals surface area (Å²) in [6.07, 6.45) is 3.30. The van der Waals surface area contributed by atoms with Gasteiger partial charge in [-0.15, -0.1) is 0 Å². The first kappa shape index (κ1) is 11.4. The van der Waals surface area contributed by atoms with Crippen LogP contribution in [0.25, 0.3) is 0 Å². The van der Waals surface area contributed by atoms with E-state index in [0.29, 0.717) is 21.5 Å². The van der Waals surface area contributed by atoms with Gasteiger partial charge >= 0.3 is 0 Å². The van der Waals surface area contributed by atoms with E-state index in [1.54, 1.807) is 30.6 Å². The van der Waals surface area contributed by atoms with Crippen LogP contribution in [0.3, 0.4) is 0 Å². The van der Waals surface area contributed by atoms with E-state index in [0.717, 1.165) is 0 Å². The summed E-state index contributed by atoms with van der Waals surface area (Å²) < 4.78 is 13.4. The molecule has 0 bridgehead atoms. The second-order valence-electron chi connectivity index (χ2n) is 3.02. The lowest BCUT2D eigenvalue weighted by Gasteiger charge is -2.04. The van der Waals surface area contributed by atoms with Gasteiger partial charge in [0.15, 0.2) is 5.16 Å². The Morgan fingerprint density at radius 2 is 1.94 bits per heavy atom. The average Bonchev–Trinajstić information content (AvgIpc) is 2.30. The second-order valence-corrected chi connectivity index (χ2v) is 4.37. The van der Waals surface area contributed by atoms with Crippen LogP contribution in [0.2, 0.25) is 5.02 Å². The van der Waals surface area contributed by atoms with Gasteiger partial charge < -0.3 is 0 Å². The minimum absolute atomic E-state index is 0.295. The van der Waals surface area contributed by atoms with Gasteiger partial charge in [0.2, 0.25) is 0 Å². The van der Waals surface area contributed by atoms with Crippen LogP contribution in [0.1, 0.15) is 5.56 Å². The lowest BCUT2D eigenvalue weighted by atomic mass is 10.2. The van der Waals surface area contributed by atoms with Crippen molar-refractivity contribution in [3.8, 4) is 0 Å². The maximum absolute atomic E-state index is 13.4. The van der Waals surface area contributed by atoms with Gasteiger partial charge in [-0.3, -0.25) is 0 Å². The van der Waals surface area contributed by atoms with Gasteiger partial charge in [-0.25, -0.2) is 14.4 Å². The molecule has 0 aliphatic carbocycles. The number of hydrogen-bond donors (Lipinski definition) is 0. The number of rotatable bonds is 3. The minimum atomic E-state index is -0.295. The van der Waals surface area contributed by atoms with E-state index < -0.39 is 0 Å². The highest BCUT2D eigenvalue weighted by atomic mass is 35.5. The van der Waals surface area contributed by atoms with Crippen molar-refractivity contribution in [3.63, 3.8) is 0 Å². The smallest absolute Gasteiger partial charge is 0.187 e. The number of thioether (sulfide) groups is 1. The van der Waals surface area contributed by atoms with Gasteiger partial charge in [0.25, 0.3) is 0 Å². The van der Waals surface area contributed by atoms with E-state index in [1.165, 1.54) is 17.8 Å². The van der Waals surface area contributed by atoms with Crippen LogP contribution >= 0.6 is 23.4 Å². The van der Waals surface area contributed by atoms with Crippen molar-refractivity contribution in [1.82, 2.24) is 9.97 Å². The predicted octanol–water partition coefficient (Wildman–Crippen LogP) is 3.56. The molecular weight excluding hydrogens is 247 g/mol. The normalized spacial score (nSPS) is 10.4. The molecule has 0 spiro atoms. The summed E-state index contributed by atoms with van der Waals surface area (Å²) in [6.45, 7) is 0. The Labute approximate surface area is 102 Å². The van der Waals surface area contributed by atoms with Gasteiger partial charge in [0.1, 0.15) is 5.82 Å². The maximum Gasteiger partial charge on any atom is 0.187 e. The molecule has 2 rings (SSSR count). The molecule has 2 aromatic rings. The molecule has 1 heterocycles. The first-order valence-corrected chi connectivity index (χ1v) is 5.96. The Bertz CT molecular complexity index is 458. The summed E-state index contributed by atoms with van der Waals surface area (Å²) in [7, 11) is 0. The van der Waals surface area contributed by atoms with Crippen LogP contribution in [0.5, 0.6) is 0 Å². The largest absolute Gasteiger partial charge is 0.231 e. The molecule has 0 amide bonds. The Kier molecular flexibility index (Phi) is 3.74. The summed E-state index contributed by atoms with van der Waals surface area (Å²) in [6, 6.07) is 6.39. The minimum Gasteiger partial charge on any atom is -0.231 e. The van der Waals surface area contributed by atoms with Crippen LogP contribution in [0.4, 0.5) is 4.39 Å². The molecule has 82 valence electrons. The summed E-state index contributed by atoms with van der Waals surface area (Å²) in [5.74, 6) is 0.131. The number of nitrogens with zero attached hydrogens (tertiary/aromatic N) is 2. The monoisotopic (exact) mass is 254 g/mol. The SMILES string of the molecule is Fc1cccc(Cl)c1CSc1ncccn1. The van der Waals surface area contributed by atoms with Crippen molar-refractivity contribution in [2.75, 3.05) is 0 Å². The highest BCUT2D eigenvalue weighted by Gasteiger charge is 2.07. The molecule has 1 aromatic heterocycles. The maximum atomic E-state index is 13.4. The molecule has 0 unspecified atom stereocenters. The molecule has 1 aromatic carbocycles. The molecule has 0 saturated carbocycles. The molecule has 0 radical (unpaired) electrons. The van der Waals surface area contributed by atoms with Crippen molar-refractivity contribution in [2.45, 2.75) is 10.9 Å². The quantitative estimate of drug-likeness (QED) is 0.619. The third kappa shape index (κ3) is 2.71. The second kappa shape index (κ2) is 5.27. The summed E-state index contributed by atoms with van der Waals surface area (Å²) >= 11 is 7.26. The Morgan fingerprint density at radius 3 is 2.62 bits per heavy atom. The topological polar surface area (TPSA) is 25.8 Å². The summed E-state index contributed by atoms with van der Waals surface area (Å²) in [5, 5.41) is 1.05. The first-order chi connectivity index (χ1) is 7.77. The van der Waals surface area contributed by atoms with E-state index in [9.17, 15) is 4.39 Å². The van der Waals surface area contributed by atoms with Crippen molar-refractivity contribution in [1.29, 1.82) is 0 Å². The molecular formula is C11H8ClFN2S. The van der Waals surface area contributed by atoms with E-state index in [-0.39, 0.29) is 5.82 Å². The highest BCUT2D eigenvalue weighted by Crippen LogP contribution is 2.26. The lowest BCUT2D eigenvalue weighted by molar-refractivity contribution is 0.617. The highest BCUT2D eigenvalue weighted by molar-refractivity contribution is 7.98. The van der Waals surface area contributed by atoms with Crippen molar-refractivity contribution in [2.24, 2.45) is 0 Å². The van der Waals surface area contributed by atoms with E-state index in [4.69, 9.17) is 11.6 Å². The van der Waals surface area contributed by atoms with E-state index >= 15 is 0 Å². The number of benzene rings is 1. The molecule has 0 aliphatic rings. The number of aromatic nitrogens is 2. The van der Waals surface area contributed by atoms with Crippen LogP contribution in [0.15, 0.2) is 41.8 Å². The van der Waals surface area contributed by atoms with Gasteiger partial charge in [-0.2, -0.15) is 0 Å². The Balaban J connectivity index is 2.11. The summed E-state index contributed by atoms with van der Waals surface area (Å²) in [4.78, 5) is 8.08. The molecule has 0 aliphatic heterocycles. The zero-order chi connectivity index (χ0) is 11.4. The number of hydrogen-bond acceptors (Lipinski definition) is 3. The van der Waals surface area contributed by atoms with Gasteiger partial charge in [-0.05, 0) is 18.2 Å². The lowest BCUT2D eigenvalue weighted by Crippen LogP contribution is -1.90. The molecule has 2 nitrogen and oxygen atoms in total. The van der Waals surface area contributed by atoms with Crippen LogP contribution in [-0.2, 0) is 5.75 Å². The van der Waals surface area contributed by atoms with Crippen LogP contribution in [-0.4, -0.2) is 9.97 Å².